The highest BCUT2D eigenvalue weighted by atomic mass is 35.5. The summed E-state index contributed by atoms with van der Waals surface area (Å²) in [7, 11) is 0. The predicted octanol–water partition coefficient (Wildman–Crippen LogP) is 8.43. The molecule has 3 rings (SSSR count). The van der Waals surface area contributed by atoms with Gasteiger partial charge in [0.15, 0.2) is 0 Å². The standard InChI is InChI=1S/C28H35ClO2/c1-2-3-4-7-22-10-12-23(13-11-22)8-5-6-9-24-14-16-25(17-15-24)28(30)31-27-20-18-26(29)19-21-27/h5,8,14-23H,2-4,6-7,9-13H2,1H3/t22-,23-. The Balaban J connectivity index is 1.36. The van der Waals surface area contributed by atoms with Crippen molar-refractivity contribution in [2.75, 3.05) is 0 Å². The molecule has 1 fully saturated rings. The van der Waals surface area contributed by atoms with Crippen molar-refractivity contribution in [1.29, 1.82) is 0 Å². The molecule has 1 aliphatic carbocycles. The summed E-state index contributed by atoms with van der Waals surface area (Å²) in [5.74, 6) is 1.89. The molecule has 0 aliphatic heterocycles. The van der Waals surface area contributed by atoms with Crippen molar-refractivity contribution in [1.82, 2.24) is 0 Å². The number of hydrogen-bond donors (Lipinski definition) is 0. The van der Waals surface area contributed by atoms with Gasteiger partial charge in [-0.3, -0.25) is 0 Å². The average Bonchev–Trinajstić information content (AvgIpc) is 2.80. The zero-order chi connectivity index (χ0) is 21.9. The molecular formula is C28H35ClO2. The van der Waals surface area contributed by atoms with Crippen molar-refractivity contribution in [3.8, 4) is 5.75 Å². The van der Waals surface area contributed by atoms with Crippen LogP contribution < -0.4 is 4.74 Å². The zero-order valence-electron chi connectivity index (χ0n) is 18.7. The lowest BCUT2D eigenvalue weighted by molar-refractivity contribution is 0.0735. The Morgan fingerprint density at radius 1 is 1.00 bits per heavy atom. The third kappa shape index (κ3) is 8.18. The van der Waals surface area contributed by atoms with Crippen LogP contribution in [-0.2, 0) is 6.42 Å². The maximum absolute atomic E-state index is 12.3. The van der Waals surface area contributed by atoms with E-state index in [9.17, 15) is 4.79 Å². The van der Waals surface area contributed by atoms with Gasteiger partial charge in [-0.25, -0.2) is 4.79 Å². The highest BCUT2D eigenvalue weighted by Gasteiger charge is 2.18. The maximum atomic E-state index is 12.3. The van der Waals surface area contributed by atoms with Crippen LogP contribution in [0.25, 0.3) is 0 Å². The smallest absolute Gasteiger partial charge is 0.343 e. The van der Waals surface area contributed by atoms with Crippen LogP contribution in [0, 0.1) is 11.8 Å². The lowest BCUT2D eigenvalue weighted by Gasteiger charge is -2.26. The summed E-state index contributed by atoms with van der Waals surface area (Å²) in [6, 6.07) is 14.5. The van der Waals surface area contributed by atoms with Gasteiger partial charge in [0.1, 0.15) is 5.75 Å². The van der Waals surface area contributed by atoms with Crippen LogP contribution in [0.3, 0.4) is 0 Å². The van der Waals surface area contributed by atoms with Crippen LogP contribution in [-0.4, -0.2) is 5.97 Å². The number of unbranched alkanes of at least 4 members (excludes halogenated alkanes) is 2. The van der Waals surface area contributed by atoms with Gasteiger partial charge in [-0.2, -0.15) is 0 Å². The van der Waals surface area contributed by atoms with Gasteiger partial charge in [0, 0.05) is 5.02 Å². The van der Waals surface area contributed by atoms with Gasteiger partial charge in [-0.1, -0.05) is 68.5 Å². The third-order valence-electron chi connectivity index (χ3n) is 6.33. The number of ether oxygens (including phenoxy) is 1. The van der Waals surface area contributed by atoms with Crippen LogP contribution in [0.4, 0.5) is 0 Å². The van der Waals surface area contributed by atoms with Crippen molar-refractivity contribution in [2.24, 2.45) is 11.8 Å². The van der Waals surface area contributed by atoms with Crippen molar-refractivity contribution >= 4 is 17.6 Å². The maximum Gasteiger partial charge on any atom is 0.343 e. The van der Waals surface area contributed by atoms with Crippen LogP contribution in [0.1, 0.15) is 80.6 Å². The molecule has 1 aliphatic rings. The van der Waals surface area contributed by atoms with Crippen molar-refractivity contribution in [3.05, 3.63) is 76.8 Å². The van der Waals surface area contributed by atoms with E-state index in [0.29, 0.717) is 16.3 Å². The van der Waals surface area contributed by atoms with Crippen molar-refractivity contribution in [2.45, 2.75) is 71.1 Å². The Labute approximate surface area is 192 Å². The molecule has 0 unspecified atom stereocenters. The first-order valence-electron chi connectivity index (χ1n) is 11.9. The van der Waals surface area contributed by atoms with Crippen LogP contribution in [0.15, 0.2) is 60.7 Å². The average molecular weight is 439 g/mol. The molecule has 0 amide bonds. The molecule has 3 heteroatoms. The van der Waals surface area contributed by atoms with Gasteiger partial charge >= 0.3 is 5.97 Å². The molecule has 31 heavy (non-hydrogen) atoms. The number of aryl methyl sites for hydroxylation is 1. The van der Waals surface area contributed by atoms with Gasteiger partial charge in [0.25, 0.3) is 0 Å². The number of allylic oxidation sites excluding steroid dienone is 2. The number of hydrogen-bond acceptors (Lipinski definition) is 2. The fraction of sp³-hybridized carbons (Fsp3) is 0.464. The van der Waals surface area contributed by atoms with Crippen molar-refractivity contribution in [3.63, 3.8) is 0 Å². The highest BCUT2D eigenvalue weighted by Crippen LogP contribution is 2.32. The summed E-state index contributed by atoms with van der Waals surface area (Å²) in [5, 5.41) is 0.619. The van der Waals surface area contributed by atoms with E-state index in [-0.39, 0.29) is 5.97 Å². The first-order chi connectivity index (χ1) is 15.1. The van der Waals surface area contributed by atoms with Gasteiger partial charge in [-0.05, 0) is 92.3 Å². The van der Waals surface area contributed by atoms with E-state index < -0.39 is 0 Å². The lowest BCUT2D eigenvalue weighted by Crippen LogP contribution is -2.13. The Morgan fingerprint density at radius 2 is 1.71 bits per heavy atom. The lowest BCUT2D eigenvalue weighted by atomic mass is 9.79. The summed E-state index contributed by atoms with van der Waals surface area (Å²) in [6.07, 6.45) is 17.9. The normalized spacial score (nSPS) is 18.9. The largest absolute Gasteiger partial charge is 0.423 e. The van der Waals surface area contributed by atoms with Crippen LogP contribution in [0.2, 0.25) is 5.02 Å². The van der Waals surface area contributed by atoms with Crippen molar-refractivity contribution < 1.29 is 9.53 Å². The summed E-state index contributed by atoms with van der Waals surface area (Å²) >= 11 is 5.86. The molecule has 0 radical (unpaired) electrons. The molecule has 0 bridgehead atoms. The zero-order valence-corrected chi connectivity index (χ0v) is 19.4. The van der Waals surface area contributed by atoms with Gasteiger partial charge < -0.3 is 4.74 Å². The van der Waals surface area contributed by atoms with E-state index in [1.165, 1.54) is 56.9 Å². The van der Waals surface area contributed by atoms with Crippen LogP contribution >= 0.6 is 11.6 Å². The number of carbonyl (C=O) groups is 1. The summed E-state index contributed by atoms with van der Waals surface area (Å²) < 4.78 is 5.39. The van der Waals surface area contributed by atoms with E-state index in [1.54, 1.807) is 24.3 Å². The third-order valence-corrected chi connectivity index (χ3v) is 6.58. The predicted molar refractivity (Wildman–Crippen MR) is 130 cm³/mol. The summed E-state index contributed by atoms with van der Waals surface area (Å²) in [6.45, 7) is 2.28. The summed E-state index contributed by atoms with van der Waals surface area (Å²) in [4.78, 5) is 12.3. The molecule has 0 spiro atoms. The molecule has 2 nitrogen and oxygen atoms in total. The summed E-state index contributed by atoms with van der Waals surface area (Å²) in [5.41, 5.74) is 1.80. The van der Waals surface area contributed by atoms with Gasteiger partial charge in [0.05, 0.1) is 5.56 Å². The molecule has 0 saturated heterocycles. The first kappa shape index (κ1) is 23.6. The second-order valence-corrected chi connectivity index (χ2v) is 9.22. The number of carbonyl (C=O) groups excluding carboxylic acids is 1. The van der Waals surface area contributed by atoms with E-state index >= 15 is 0 Å². The van der Waals surface area contributed by atoms with E-state index in [4.69, 9.17) is 16.3 Å². The topological polar surface area (TPSA) is 26.3 Å². The quantitative estimate of drug-likeness (QED) is 0.161. The second-order valence-electron chi connectivity index (χ2n) is 8.78. The Bertz CT molecular complexity index is 815. The number of benzene rings is 2. The molecule has 1 saturated carbocycles. The van der Waals surface area contributed by atoms with E-state index in [2.05, 4.69) is 19.1 Å². The monoisotopic (exact) mass is 438 g/mol. The van der Waals surface area contributed by atoms with Crippen LogP contribution in [0.5, 0.6) is 5.75 Å². The molecule has 2 aromatic carbocycles. The number of rotatable bonds is 10. The second kappa shape index (κ2) is 12.7. The van der Waals surface area contributed by atoms with Gasteiger partial charge in [-0.15, -0.1) is 0 Å². The Morgan fingerprint density at radius 3 is 2.39 bits per heavy atom. The minimum Gasteiger partial charge on any atom is -0.423 e. The molecule has 166 valence electrons. The molecular weight excluding hydrogens is 404 g/mol. The molecule has 2 aromatic rings. The number of esters is 1. The SMILES string of the molecule is CCCCC[C@H]1CC[C@H](C=CCCc2ccc(C(=O)Oc3ccc(Cl)cc3)cc2)CC1. The fourth-order valence-corrected chi connectivity index (χ4v) is 4.49. The molecule has 0 aromatic heterocycles. The van der Waals surface area contributed by atoms with E-state index in [1.807, 2.05) is 24.3 Å². The minimum absolute atomic E-state index is 0.348. The van der Waals surface area contributed by atoms with E-state index in [0.717, 1.165) is 24.7 Å². The number of halogens is 1. The molecule has 0 N–H and O–H groups in total. The first-order valence-corrected chi connectivity index (χ1v) is 12.2. The van der Waals surface area contributed by atoms with Gasteiger partial charge in [0.2, 0.25) is 0 Å². The highest BCUT2D eigenvalue weighted by molar-refractivity contribution is 6.30. The molecule has 0 heterocycles. The Hall–Kier alpha value is -2.06. The fourth-order valence-electron chi connectivity index (χ4n) is 4.37. The minimum atomic E-state index is -0.348. The Kier molecular flexibility index (Phi) is 9.68. The molecule has 0 atom stereocenters.